The van der Waals surface area contributed by atoms with E-state index < -0.39 is 0 Å². The van der Waals surface area contributed by atoms with Gasteiger partial charge in [0.25, 0.3) is 0 Å². The van der Waals surface area contributed by atoms with Gasteiger partial charge in [-0.05, 0) is 19.3 Å². The van der Waals surface area contributed by atoms with Gasteiger partial charge in [-0.15, -0.1) is 0 Å². The summed E-state index contributed by atoms with van der Waals surface area (Å²) in [5.74, 6) is 0.715. The van der Waals surface area contributed by atoms with Crippen LogP contribution in [0.25, 0.3) is 0 Å². The number of hydrogen-bond donors (Lipinski definition) is 1. The van der Waals surface area contributed by atoms with Crippen molar-refractivity contribution in [1.82, 2.24) is 0 Å². The molecule has 0 aromatic rings. The van der Waals surface area contributed by atoms with E-state index in [1.165, 1.54) is 19.3 Å². The number of rotatable bonds is 1. The minimum atomic E-state index is 0.466. The second kappa shape index (κ2) is 1.96. The van der Waals surface area contributed by atoms with E-state index in [4.69, 9.17) is 10.5 Å². The molecule has 52 valence electrons. The second-order valence-electron chi connectivity index (χ2n) is 3.11. The molecule has 2 rings (SSSR count). The van der Waals surface area contributed by atoms with Crippen LogP contribution in [-0.2, 0) is 4.74 Å². The van der Waals surface area contributed by atoms with Crippen molar-refractivity contribution in [2.45, 2.75) is 31.4 Å². The van der Waals surface area contributed by atoms with E-state index in [2.05, 4.69) is 0 Å². The lowest BCUT2D eigenvalue weighted by atomic mass is 10.1. The fourth-order valence-electron chi connectivity index (χ4n) is 1.60. The minimum absolute atomic E-state index is 0.466. The average molecular weight is 127 g/mol. The van der Waals surface area contributed by atoms with E-state index in [0.29, 0.717) is 18.1 Å². The van der Waals surface area contributed by atoms with E-state index in [1.54, 1.807) is 0 Å². The van der Waals surface area contributed by atoms with Gasteiger partial charge in [0.05, 0.1) is 6.10 Å². The molecule has 1 saturated heterocycles. The van der Waals surface area contributed by atoms with Gasteiger partial charge in [0.15, 0.2) is 0 Å². The summed E-state index contributed by atoms with van der Waals surface area (Å²) in [6.07, 6.45) is 4.22. The largest absolute Gasteiger partial charge is 0.378 e. The molecule has 1 saturated carbocycles. The molecule has 3 atom stereocenters. The number of ether oxygens (including phenoxy) is 1. The monoisotopic (exact) mass is 127 g/mol. The van der Waals surface area contributed by atoms with Gasteiger partial charge >= 0.3 is 0 Å². The van der Waals surface area contributed by atoms with Crippen LogP contribution in [0.5, 0.6) is 0 Å². The summed E-state index contributed by atoms with van der Waals surface area (Å²) in [7, 11) is 0. The van der Waals surface area contributed by atoms with E-state index in [9.17, 15) is 0 Å². The molecule has 2 nitrogen and oxygen atoms in total. The van der Waals surface area contributed by atoms with Crippen LogP contribution in [0.4, 0.5) is 0 Å². The second-order valence-corrected chi connectivity index (χ2v) is 3.11. The van der Waals surface area contributed by atoms with Gasteiger partial charge in [-0.1, -0.05) is 0 Å². The highest BCUT2D eigenvalue weighted by Gasteiger charge is 2.41. The Morgan fingerprint density at radius 3 is 2.67 bits per heavy atom. The van der Waals surface area contributed by atoms with Crippen LogP contribution in [0.2, 0.25) is 0 Å². The molecule has 1 aliphatic carbocycles. The van der Waals surface area contributed by atoms with Crippen LogP contribution >= 0.6 is 0 Å². The fraction of sp³-hybridized carbons (Fsp3) is 1.00. The van der Waals surface area contributed by atoms with Gasteiger partial charge in [0.2, 0.25) is 0 Å². The molecule has 0 amide bonds. The molecule has 1 aliphatic heterocycles. The van der Waals surface area contributed by atoms with Crippen LogP contribution in [0.3, 0.4) is 0 Å². The number of nitrogens with two attached hydrogens (primary N) is 1. The summed E-state index contributed by atoms with van der Waals surface area (Å²) < 4.78 is 5.47. The quantitative estimate of drug-likeness (QED) is 0.557. The molecule has 0 aromatic carbocycles. The van der Waals surface area contributed by atoms with Gasteiger partial charge in [0, 0.05) is 18.6 Å². The summed E-state index contributed by atoms with van der Waals surface area (Å²) in [4.78, 5) is 0. The highest BCUT2D eigenvalue weighted by molar-refractivity contribution is 4.96. The summed E-state index contributed by atoms with van der Waals surface area (Å²) in [5.41, 5.74) is 5.67. The van der Waals surface area contributed by atoms with Gasteiger partial charge in [-0.3, -0.25) is 0 Å². The fourth-order valence-corrected chi connectivity index (χ4v) is 1.60. The summed E-state index contributed by atoms with van der Waals surface area (Å²) in [5, 5.41) is 0. The maximum absolute atomic E-state index is 5.67. The first-order valence-corrected chi connectivity index (χ1v) is 3.75. The third-order valence-corrected chi connectivity index (χ3v) is 2.33. The van der Waals surface area contributed by atoms with Crippen molar-refractivity contribution < 1.29 is 4.74 Å². The molecule has 0 bridgehead atoms. The summed E-state index contributed by atoms with van der Waals surface area (Å²) in [6, 6.07) is 0.466. The van der Waals surface area contributed by atoms with Gasteiger partial charge in [0.1, 0.15) is 0 Å². The summed E-state index contributed by atoms with van der Waals surface area (Å²) in [6.45, 7) is 0.966. The van der Waals surface area contributed by atoms with Crippen molar-refractivity contribution >= 4 is 0 Å². The molecule has 2 heteroatoms. The van der Waals surface area contributed by atoms with Gasteiger partial charge in [-0.2, -0.15) is 0 Å². The first kappa shape index (κ1) is 5.69. The Bertz CT molecular complexity index is 109. The number of hydrogen-bond acceptors (Lipinski definition) is 2. The van der Waals surface area contributed by atoms with Crippen molar-refractivity contribution in [1.29, 1.82) is 0 Å². The third kappa shape index (κ3) is 0.970. The van der Waals surface area contributed by atoms with Crippen LogP contribution in [0.1, 0.15) is 19.3 Å². The van der Waals surface area contributed by atoms with Crippen LogP contribution in [-0.4, -0.2) is 18.8 Å². The molecule has 9 heavy (non-hydrogen) atoms. The minimum Gasteiger partial charge on any atom is -0.378 e. The molecule has 0 spiro atoms. The van der Waals surface area contributed by atoms with Crippen molar-refractivity contribution in [3.8, 4) is 0 Å². The standard InChI is InChI=1S/C7H13NO/c8-6-4-5(6)7-2-1-3-9-7/h5-7H,1-4,8H2/t5-,6+,7-/m0/s1. The van der Waals surface area contributed by atoms with E-state index in [1.807, 2.05) is 0 Å². The Hall–Kier alpha value is -0.0800. The maximum atomic E-state index is 5.67. The van der Waals surface area contributed by atoms with Crippen LogP contribution < -0.4 is 5.73 Å². The zero-order valence-electron chi connectivity index (χ0n) is 5.55. The predicted octanol–water partition coefficient (Wildman–Crippen LogP) is 0.513. The predicted molar refractivity (Wildman–Crippen MR) is 35.1 cm³/mol. The summed E-state index contributed by atoms with van der Waals surface area (Å²) >= 11 is 0. The van der Waals surface area contributed by atoms with Crippen LogP contribution in [0.15, 0.2) is 0 Å². The Balaban J connectivity index is 1.85. The normalized spacial score (nSPS) is 49.7. The molecular formula is C7H13NO. The van der Waals surface area contributed by atoms with Crippen molar-refractivity contribution in [3.63, 3.8) is 0 Å². The van der Waals surface area contributed by atoms with E-state index in [0.717, 1.165) is 6.61 Å². The lowest BCUT2D eigenvalue weighted by Crippen LogP contribution is -2.14. The molecular weight excluding hydrogens is 114 g/mol. The van der Waals surface area contributed by atoms with Crippen LogP contribution in [0, 0.1) is 5.92 Å². The Kier molecular flexibility index (Phi) is 1.24. The zero-order valence-corrected chi connectivity index (χ0v) is 5.55. The molecule has 2 N–H and O–H groups in total. The first-order valence-electron chi connectivity index (χ1n) is 3.75. The highest BCUT2D eigenvalue weighted by atomic mass is 16.5. The van der Waals surface area contributed by atoms with Gasteiger partial charge in [-0.25, -0.2) is 0 Å². The molecule has 0 unspecified atom stereocenters. The Morgan fingerprint density at radius 1 is 1.44 bits per heavy atom. The average Bonchev–Trinajstić information content (AvgIpc) is 2.44. The van der Waals surface area contributed by atoms with E-state index in [-0.39, 0.29) is 0 Å². The smallest absolute Gasteiger partial charge is 0.0619 e. The highest BCUT2D eigenvalue weighted by Crippen LogP contribution is 2.37. The molecule has 0 aromatic heterocycles. The molecule has 0 radical (unpaired) electrons. The zero-order chi connectivity index (χ0) is 6.27. The maximum Gasteiger partial charge on any atom is 0.0619 e. The topological polar surface area (TPSA) is 35.2 Å². The Labute approximate surface area is 55.4 Å². The molecule has 2 aliphatic rings. The molecule has 1 heterocycles. The third-order valence-electron chi connectivity index (χ3n) is 2.33. The Morgan fingerprint density at radius 2 is 2.22 bits per heavy atom. The van der Waals surface area contributed by atoms with E-state index >= 15 is 0 Å². The van der Waals surface area contributed by atoms with Crippen molar-refractivity contribution in [2.75, 3.05) is 6.61 Å². The van der Waals surface area contributed by atoms with Gasteiger partial charge < -0.3 is 10.5 Å². The lowest BCUT2D eigenvalue weighted by molar-refractivity contribution is 0.0927. The van der Waals surface area contributed by atoms with Crippen molar-refractivity contribution in [2.24, 2.45) is 11.7 Å². The molecule has 2 fully saturated rings. The van der Waals surface area contributed by atoms with Crippen molar-refractivity contribution in [3.05, 3.63) is 0 Å². The lowest BCUT2D eigenvalue weighted by Gasteiger charge is -2.05. The first-order chi connectivity index (χ1) is 4.38. The SMILES string of the molecule is N[C@@H]1C[C@@H]1[C@@H]1CCCO1.